The lowest BCUT2D eigenvalue weighted by atomic mass is 10.0. The maximum Gasteiger partial charge on any atom is 0.332 e. The van der Waals surface area contributed by atoms with Gasteiger partial charge in [-0.25, -0.2) is 9.18 Å². The second-order valence-electron chi connectivity index (χ2n) is 7.19. The molecule has 1 aliphatic rings. The van der Waals surface area contributed by atoms with Gasteiger partial charge in [-0.15, -0.1) is 0 Å². The van der Waals surface area contributed by atoms with Gasteiger partial charge in [0, 0.05) is 42.2 Å². The Kier molecular flexibility index (Phi) is 6.55. The van der Waals surface area contributed by atoms with E-state index in [1.807, 2.05) is 0 Å². The molecule has 0 saturated heterocycles. The van der Waals surface area contributed by atoms with E-state index in [1.165, 1.54) is 18.2 Å². The fourth-order valence-electron chi connectivity index (χ4n) is 3.59. The number of fused-ring (bicyclic) bond motifs is 1. The molecular weight excluding hydrogens is 405 g/mol. The van der Waals surface area contributed by atoms with Crippen LogP contribution >= 0.6 is 0 Å². The van der Waals surface area contributed by atoms with Crippen molar-refractivity contribution in [2.75, 3.05) is 18.5 Å². The van der Waals surface area contributed by atoms with E-state index in [-0.39, 0.29) is 31.4 Å². The lowest BCUT2D eigenvalue weighted by molar-refractivity contribution is -0.150. The number of H-pyrrole nitrogens is 1. The second kappa shape index (κ2) is 9.13. The summed E-state index contributed by atoms with van der Waals surface area (Å²) < 4.78 is 18.8. The van der Waals surface area contributed by atoms with Gasteiger partial charge in [-0.2, -0.15) is 0 Å². The first-order valence-electron chi connectivity index (χ1n) is 9.87. The number of aliphatic carboxylic acids is 1. The standard InChI is InChI=1S/C22H24FN3O5/c1-4-31-18(22(29)30)7-8-24-21(28)19-11(2)17(25-12(19)3)10-15-14-9-13(23)5-6-16(14)26-20(15)27/h5-6,9-10,18,25H,4,7-8H2,1-3H3,(H,24,28)(H,26,27)(H,29,30)/t18-/m0/s1. The Morgan fingerprint density at radius 3 is 2.74 bits per heavy atom. The Hall–Kier alpha value is -3.46. The van der Waals surface area contributed by atoms with Crippen LogP contribution in [0.25, 0.3) is 11.6 Å². The minimum atomic E-state index is -1.08. The summed E-state index contributed by atoms with van der Waals surface area (Å²) in [4.78, 5) is 39.3. The van der Waals surface area contributed by atoms with Crippen LogP contribution in [0.15, 0.2) is 18.2 Å². The molecule has 0 radical (unpaired) electrons. The number of carboxylic acid groups (broad SMARTS) is 1. The summed E-state index contributed by atoms with van der Waals surface area (Å²) in [5.74, 6) is -2.24. The van der Waals surface area contributed by atoms with Crippen LogP contribution < -0.4 is 10.6 Å². The summed E-state index contributed by atoms with van der Waals surface area (Å²) >= 11 is 0. The molecule has 0 fully saturated rings. The van der Waals surface area contributed by atoms with E-state index >= 15 is 0 Å². The van der Waals surface area contributed by atoms with Crippen molar-refractivity contribution in [3.05, 3.63) is 52.1 Å². The lowest BCUT2D eigenvalue weighted by Crippen LogP contribution is -2.32. The number of benzene rings is 1. The number of ether oxygens (including phenoxy) is 1. The van der Waals surface area contributed by atoms with Gasteiger partial charge in [-0.1, -0.05) is 0 Å². The maximum atomic E-state index is 13.7. The number of hydrogen-bond acceptors (Lipinski definition) is 4. The molecule has 1 aromatic carbocycles. The molecule has 0 saturated carbocycles. The third kappa shape index (κ3) is 4.66. The molecule has 1 atom stereocenters. The first-order valence-corrected chi connectivity index (χ1v) is 9.87. The van der Waals surface area contributed by atoms with Crippen LogP contribution in [0.2, 0.25) is 0 Å². The van der Waals surface area contributed by atoms with Crippen molar-refractivity contribution in [2.24, 2.45) is 0 Å². The molecule has 1 aliphatic heterocycles. The quantitative estimate of drug-likeness (QED) is 0.481. The zero-order chi connectivity index (χ0) is 22.7. The highest BCUT2D eigenvalue weighted by atomic mass is 19.1. The van der Waals surface area contributed by atoms with E-state index in [2.05, 4.69) is 15.6 Å². The second-order valence-corrected chi connectivity index (χ2v) is 7.19. The summed E-state index contributed by atoms with van der Waals surface area (Å²) in [7, 11) is 0. The molecule has 2 aromatic rings. The van der Waals surface area contributed by atoms with Crippen LogP contribution in [-0.2, 0) is 14.3 Å². The number of carboxylic acids is 1. The molecule has 2 amide bonds. The van der Waals surface area contributed by atoms with Gasteiger partial charge < -0.3 is 25.5 Å². The minimum absolute atomic E-state index is 0.130. The van der Waals surface area contributed by atoms with Gasteiger partial charge in [0.05, 0.1) is 11.1 Å². The topological polar surface area (TPSA) is 121 Å². The zero-order valence-corrected chi connectivity index (χ0v) is 17.5. The third-order valence-electron chi connectivity index (χ3n) is 5.09. The first kappa shape index (κ1) is 22.2. The molecule has 9 heteroatoms. The SMILES string of the molecule is CCO[C@@H](CCNC(=O)c1c(C)[nH]c(C=C2C(=O)Nc3ccc(F)cc32)c1C)C(=O)O. The van der Waals surface area contributed by atoms with Gasteiger partial charge in [-0.3, -0.25) is 9.59 Å². The number of hydrogen-bond donors (Lipinski definition) is 4. The Morgan fingerprint density at radius 1 is 1.32 bits per heavy atom. The number of halogens is 1. The van der Waals surface area contributed by atoms with Crippen LogP contribution in [0.4, 0.5) is 10.1 Å². The number of aromatic nitrogens is 1. The fourth-order valence-corrected chi connectivity index (χ4v) is 3.59. The molecule has 0 aliphatic carbocycles. The van der Waals surface area contributed by atoms with Crippen LogP contribution in [0.3, 0.4) is 0 Å². The molecular formula is C22H24FN3O5. The molecule has 164 valence electrons. The molecule has 0 spiro atoms. The molecule has 0 bridgehead atoms. The summed E-state index contributed by atoms with van der Waals surface area (Å²) in [5.41, 5.74) is 3.47. The van der Waals surface area contributed by atoms with Gasteiger partial charge in [0.15, 0.2) is 6.10 Å². The van der Waals surface area contributed by atoms with Gasteiger partial charge in [0.25, 0.3) is 11.8 Å². The smallest absolute Gasteiger partial charge is 0.332 e. The van der Waals surface area contributed by atoms with Crippen molar-refractivity contribution in [2.45, 2.75) is 33.3 Å². The van der Waals surface area contributed by atoms with Crippen LogP contribution in [0.5, 0.6) is 0 Å². The average molecular weight is 429 g/mol. The number of carbonyl (C=O) groups is 3. The van der Waals surface area contributed by atoms with Crippen molar-refractivity contribution in [3.63, 3.8) is 0 Å². The molecule has 3 rings (SSSR count). The van der Waals surface area contributed by atoms with Crippen molar-refractivity contribution in [3.8, 4) is 0 Å². The highest BCUT2D eigenvalue weighted by Gasteiger charge is 2.26. The largest absolute Gasteiger partial charge is 0.479 e. The molecule has 31 heavy (non-hydrogen) atoms. The zero-order valence-electron chi connectivity index (χ0n) is 17.5. The third-order valence-corrected chi connectivity index (χ3v) is 5.09. The van der Waals surface area contributed by atoms with Crippen molar-refractivity contribution in [1.29, 1.82) is 0 Å². The Morgan fingerprint density at radius 2 is 2.06 bits per heavy atom. The number of amides is 2. The molecule has 2 heterocycles. The predicted molar refractivity (Wildman–Crippen MR) is 113 cm³/mol. The molecule has 0 unspecified atom stereocenters. The number of aryl methyl sites for hydroxylation is 1. The fraction of sp³-hybridized carbons (Fsp3) is 0.318. The van der Waals surface area contributed by atoms with Crippen LogP contribution in [-0.4, -0.2) is 47.1 Å². The number of anilines is 1. The number of carbonyl (C=O) groups excluding carboxylic acids is 2. The first-order chi connectivity index (χ1) is 14.7. The average Bonchev–Trinajstić information content (AvgIpc) is 3.16. The summed E-state index contributed by atoms with van der Waals surface area (Å²) in [6.45, 7) is 5.57. The normalized spacial score (nSPS) is 15.0. The van der Waals surface area contributed by atoms with E-state index in [9.17, 15) is 18.8 Å². The number of rotatable bonds is 8. The Labute approximate surface area is 178 Å². The monoisotopic (exact) mass is 429 g/mol. The van der Waals surface area contributed by atoms with E-state index in [1.54, 1.807) is 26.8 Å². The highest BCUT2D eigenvalue weighted by Crippen LogP contribution is 2.34. The highest BCUT2D eigenvalue weighted by molar-refractivity contribution is 6.34. The summed E-state index contributed by atoms with van der Waals surface area (Å²) in [6, 6.07) is 4.06. The van der Waals surface area contributed by atoms with E-state index < -0.39 is 17.9 Å². The van der Waals surface area contributed by atoms with Crippen molar-refractivity contribution in [1.82, 2.24) is 10.3 Å². The van der Waals surface area contributed by atoms with Crippen molar-refractivity contribution < 1.29 is 28.6 Å². The van der Waals surface area contributed by atoms with E-state index in [0.29, 0.717) is 39.3 Å². The number of nitrogens with one attached hydrogen (secondary N) is 3. The Balaban J connectivity index is 1.79. The van der Waals surface area contributed by atoms with Crippen molar-refractivity contribution >= 4 is 35.1 Å². The van der Waals surface area contributed by atoms with Gasteiger partial charge in [-0.05, 0) is 50.6 Å². The lowest BCUT2D eigenvalue weighted by Gasteiger charge is -2.13. The Bertz CT molecular complexity index is 1070. The van der Waals surface area contributed by atoms with Gasteiger partial charge in [0.1, 0.15) is 5.82 Å². The predicted octanol–water partition coefficient (Wildman–Crippen LogP) is 2.87. The molecule has 8 nitrogen and oxygen atoms in total. The van der Waals surface area contributed by atoms with Crippen LogP contribution in [0, 0.1) is 19.7 Å². The summed E-state index contributed by atoms with van der Waals surface area (Å²) in [5, 5.41) is 14.5. The number of aromatic amines is 1. The van der Waals surface area contributed by atoms with Gasteiger partial charge in [0.2, 0.25) is 0 Å². The summed E-state index contributed by atoms with van der Waals surface area (Å²) in [6.07, 6.45) is 0.743. The minimum Gasteiger partial charge on any atom is -0.479 e. The van der Waals surface area contributed by atoms with E-state index in [0.717, 1.165) is 0 Å². The molecule has 1 aromatic heterocycles. The van der Waals surface area contributed by atoms with E-state index in [4.69, 9.17) is 9.84 Å². The molecule has 4 N–H and O–H groups in total. The maximum absolute atomic E-state index is 13.7. The van der Waals surface area contributed by atoms with Crippen LogP contribution in [0.1, 0.15) is 46.2 Å². The van der Waals surface area contributed by atoms with Gasteiger partial charge >= 0.3 is 5.97 Å².